The molecule has 0 bridgehead atoms. The van der Waals surface area contributed by atoms with E-state index in [0.29, 0.717) is 18.8 Å². The molecular formula is C20H24F2N8O2. The van der Waals surface area contributed by atoms with Gasteiger partial charge in [0.05, 0.1) is 37.6 Å². The molecule has 0 saturated carbocycles. The van der Waals surface area contributed by atoms with Gasteiger partial charge in [-0.3, -0.25) is 9.69 Å². The Morgan fingerprint density at radius 1 is 1.31 bits per heavy atom. The second kappa shape index (κ2) is 10.6. The average molecular weight is 446 g/mol. The number of nitrogens with two attached hydrogens (primary N) is 3. The van der Waals surface area contributed by atoms with Crippen LogP contribution in [0, 0.1) is 0 Å². The lowest BCUT2D eigenvalue weighted by Gasteiger charge is -2.22. The van der Waals surface area contributed by atoms with E-state index < -0.39 is 18.2 Å². The monoisotopic (exact) mass is 446 g/mol. The second-order valence-electron chi connectivity index (χ2n) is 6.81. The number of anilines is 1. The first-order chi connectivity index (χ1) is 15.4. The molecule has 1 aliphatic heterocycles. The van der Waals surface area contributed by atoms with Gasteiger partial charge in [-0.2, -0.15) is 10.2 Å². The molecule has 1 saturated heterocycles. The molecule has 170 valence electrons. The van der Waals surface area contributed by atoms with Crippen LogP contribution in [0.2, 0.25) is 0 Å². The number of amidine groups is 1. The topological polar surface area (TPSA) is 143 Å². The normalized spacial score (nSPS) is 16.3. The summed E-state index contributed by atoms with van der Waals surface area (Å²) in [5.74, 6) is 9.14. The lowest BCUT2D eigenvalue weighted by molar-refractivity contribution is -0.123. The van der Waals surface area contributed by atoms with E-state index in [4.69, 9.17) is 26.9 Å². The third kappa shape index (κ3) is 5.35. The smallest absolute Gasteiger partial charge is 0.173 e. The van der Waals surface area contributed by atoms with Crippen LogP contribution in [0.5, 0.6) is 0 Å². The van der Waals surface area contributed by atoms with Gasteiger partial charge in [-0.1, -0.05) is 18.7 Å². The van der Waals surface area contributed by atoms with Crippen molar-refractivity contribution in [1.82, 2.24) is 19.8 Å². The molecule has 32 heavy (non-hydrogen) atoms. The van der Waals surface area contributed by atoms with Crippen molar-refractivity contribution in [1.29, 1.82) is 0 Å². The highest BCUT2D eigenvalue weighted by Gasteiger charge is 2.20. The molecule has 1 fully saturated rings. The number of pyridine rings is 1. The fourth-order valence-corrected chi connectivity index (χ4v) is 2.97. The lowest BCUT2D eigenvalue weighted by atomic mass is 10.1. The highest BCUT2D eigenvalue weighted by molar-refractivity contribution is 6.03. The molecule has 0 atom stereocenters. The number of rotatable bonds is 7. The summed E-state index contributed by atoms with van der Waals surface area (Å²) in [4.78, 5) is 4.15. The molecule has 3 rings (SSSR count). The quantitative estimate of drug-likeness (QED) is 0.192. The average Bonchev–Trinajstić information content (AvgIpc) is 3.30. The highest BCUT2D eigenvalue weighted by Crippen LogP contribution is 2.24. The second-order valence-corrected chi connectivity index (χ2v) is 6.81. The van der Waals surface area contributed by atoms with Crippen molar-refractivity contribution in [2.75, 3.05) is 32.3 Å². The molecule has 0 amide bonds. The summed E-state index contributed by atoms with van der Waals surface area (Å²) >= 11 is 0. The van der Waals surface area contributed by atoms with Gasteiger partial charge >= 0.3 is 0 Å². The van der Waals surface area contributed by atoms with Crippen LogP contribution in [0.1, 0.15) is 11.6 Å². The SMILES string of the molecule is C=C/C=C\C(F)=C(\F)CN(N)/C(=N\N)c1cc(-c2cnn(C3COCOC3)c2)cnc1N. The van der Waals surface area contributed by atoms with Gasteiger partial charge in [-0.25, -0.2) is 19.6 Å². The fraction of sp³-hybridized carbons (Fsp3) is 0.250. The minimum Gasteiger partial charge on any atom is -0.383 e. The molecule has 0 aliphatic carbocycles. The molecule has 2 aromatic rings. The Kier molecular flexibility index (Phi) is 7.65. The van der Waals surface area contributed by atoms with Gasteiger partial charge in [0, 0.05) is 23.5 Å². The lowest BCUT2D eigenvalue weighted by Crippen LogP contribution is -2.40. The van der Waals surface area contributed by atoms with Crippen molar-refractivity contribution in [2.45, 2.75) is 6.04 Å². The number of hydrazone groups is 1. The minimum atomic E-state index is -1.12. The van der Waals surface area contributed by atoms with E-state index in [9.17, 15) is 8.78 Å². The van der Waals surface area contributed by atoms with Crippen LogP contribution in [-0.2, 0) is 9.47 Å². The standard InChI is InChI=1S/C20H24F2N8O2/c1-2-3-4-17(21)18(22)9-29(25)20(28-24)16-5-13(6-26-19(16)23)14-7-27-30(8-14)15-10-31-12-32-11-15/h2-8,15H,1,9-12,24-25H2,(H2,23,26)/b4-3-,18-17-,28-20-. The summed E-state index contributed by atoms with van der Waals surface area (Å²) in [5.41, 5.74) is 7.60. The van der Waals surface area contributed by atoms with Crippen LogP contribution in [-0.4, -0.2) is 52.2 Å². The minimum absolute atomic E-state index is 0.0563. The van der Waals surface area contributed by atoms with Crippen LogP contribution < -0.4 is 17.4 Å². The van der Waals surface area contributed by atoms with Crippen molar-refractivity contribution in [3.8, 4) is 11.1 Å². The van der Waals surface area contributed by atoms with E-state index in [1.54, 1.807) is 23.1 Å². The fourth-order valence-electron chi connectivity index (χ4n) is 2.97. The van der Waals surface area contributed by atoms with E-state index in [-0.39, 0.29) is 30.1 Å². The van der Waals surface area contributed by atoms with Gasteiger partial charge in [0.2, 0.25) is 0 Å². The summed E-state index contributed by atoms with van der Waals surface area (Å²) in [5, 5.41) is 8.79. The largest absolute Gasteiger partial charge is 0.383 e. The number of nitrogens with zero attached hydrogens (tertiary/aromatic N) is 5. The van der Waals surface area contributed by atoms with Crippen LogP contribution in [0.4, 0.5) is 14.6 Å². The van der Waals surface area contributed by atoms with Crippen molar-refractivity contribution in [3.05, 3.63) is 66.7 Å². The molecular weight excluding hydrogens is 422 g/mol. The molecule has 0 unspecified atom stereocenters. The van der Waals surface area contributed by atoms with Crippen LogP contribution in [0.15, 0.2) is 66.2 Å². The van der Waals surface area contributed by atoms with Crippen LogP contribution in [0.3, 0.4) is 0 Å². The Morgan fingerprint density at radius 2 is 2.06 bits per heavy atom. The first-order valence-electron chi connectivity index (χ1n) is 9.53. The van der Waals surface area contributed by atoms with Gasteiger partial charge < -0.3 is 21.1 Å². The molecule has 2 aromatic heterocycles. The number of hydrazine groups is 1. The number of ether oxygens (including phenoxy) is 2. The molecule has 12 heteroatoms. The van der Waals surface area contributed by atoms with E-state index in [0.717, 1.165) is 16.6 Å². The zero-order valence-electron chi connectivity index (χ0n) is 17.2. The summed E-state index contributed by atoms with van der Waals surface area (Å²) in [6.07, 6.45) is 8.49. The van der Waals surface area contributed by atoms with E-state index in [2.05, 4.69) is 21.8 Å². The third-order valence-corrected chi connectivity index (χ3v) is 4.60. The first-order valence-corrected chi connectivity index (χ1v) is 9.53. The molecule has 3 heterocycles. The molecule has 0 radical (unpaired) electrons. The predicted octanol–water partition coefficient (Wildman–Crippen LogP) is 1.76. The summed E-state index contributed by atoms with van der Waals surface area (Å²) in [6.45, 7) is 3.99. The van der Waals surface area contributed by atoms with Gasteiger partial charge in [0.25, 0.3) is 0 Å². The number of hydrogen-bond acceptors (Lipinski definition) is 8. The highest BCUT2D eigenvalue weighted by atomic mass is 19.2. The van der Waals surface area contributed by atoms with Gasteiger partial charge in [0.15, 0.2) is 17.5 Å². The first kappa shape index (κ1) is 23.1. The summed E-state index contributed by atoms with van der Waals surface area (Å²) in [7, 11) is 0. The Morgan fingerprint density at radius 3 is 2.75 bits per heavy atom. The number of aromatic nitrogens is 3. The number of allylic oxidation sites excluding steroid dienone is 4. The number of nitrogen functional groups attached to an aromatic ring is 1. The Labute approximate surface area is 183 Å². The van der Waals surface area contributed by atoms with Gasteiger partial charge in [0.1, 0.15) is 12.6 Å². The van der Waals surface area contributed by atoms with E-state index in [1.165, 1.54) is 12.2 Å². The third-order valence-electron chi connectivity index (χ3n) is 4.60. The zero-order valence-corrected chi connectivity index (χ0v) is 17.2. The summed E-state index contributed by atoms with van der Waals surface area (Å²) in [6, 6.07) is 1.58. The molecule has 0 aromatic carbocycles. The van der Waals surface area contributed by atoms with Crippen LogP contribution in [0.25, 0.3) is 11.1 Å². The van der Waals surface area contributed by atoms with Gasteiger partial charge in [-0.15, -0.1) is 0 Å². The Hall–Kier alpha value is -3.61. The van der Waals surface area contributed by atoms with E-state index in [1.807, 2.05) is 6.20 Å². The molecule has 1 aliphatic rings. The number of hydrogen-bond donors (Lipinski definition) is 3. The van der Waals surface area contributed by atoms with Crippen molar-refractivity contribution in [2.24, 2.45) is 16.8 Å². The van der Waals surface area contributed by atoms with Crippen LogP contribution >= 0.6 is 0 Å². The molecule has 10 nitrogen and oxygen atoms in total. The number of halogens is 2. The van der Waals surface area contributed by atoms with Crippen molar-refractivity contribution < 1.29 is 18.3 Å². The maximum Gasteiger partial charge on any atom is 0.173 e. The Balaban J connectivity index is 1.84. The maximum atomic E-state index is 14.1. The zero-order chi connectivity index (χ0) is 23.1. The van der Waals surface area contributed by atoms with Crippen molar-refractivity contribution >= 4 is 11.7 Å². The van der Waals surface area contributed by atoms with Crippen molar-refractivity contribution in [3.63, 3.8) is 0 Å². The predicted molar refractivity (Wildman–Crippen MR) is 116 cm³/mol. The summed E-state index contributed by atoms with van der Waals surface area (Å²) < 4.78 is 40.2. The van der Waals surface area contributed by atoms with Gasteiger partial charge in [-0.05, 0) is 12.1 Å². The van der Waals surface area contributed by atoms with E-state index >= 15 is 0 Å². The maximum absolute atomic E-state index is 14.1. The Bertz CT molecular complexity index is 1040. The molecule has 6 N–H and O–H groups in total. The molecule has 0 spiro atoms.